The van der Waals surface area contributed by atoms with Crippen LogP contribution in [0.3, 0.4) is 0 Å². The van der Waals surface area contributed by atoms with Crippen LogP contribution in [-0.4, -0.2) is 10.1 Å². The highest BCUT2D eigenvalue weighted by Gasteiger charge is 2.28. The summed E-state index contributed by atoms with van der Waals surface area (Å²) in [5.41, 5.74) is 3.91. The summed E-state index contributed by atoms with van der Waals surface area (Å²) >= 11 is 1.84. The van der Waals surface area contributed by atoms with E-state index in [4.69, 9.17) is 4.98 Å². The first kappa shape index (κ1) is 12.5. The van der Waals surface area contributed by atoms with E-state index >= 15 is 0 Å². The Labute approximate surface area is 123 Å². The van der Waals surface area contributed by atoms with Crippen LogP contribution in [0.5, 0.6) is 0 Å². The van der Waals surface area contributed by atoms with Gasteiger partial charge in [-0.25, -0.2) is 4.98 Å². The van der Waals surface area contributed by atoms with E-state index in [1.165, 1.54) is 40.3 Å². The number of aromatic nitrogens is 1. The normalized spacial score (nSPS) is 25.1. The van der Waals surface area contributed by atoms with Gasteiger partial charge in [-0.3, -0.25) is 0 Å². The third-order valence-electron chi connectivity index (χ3n) is 4.61. The smallest absolute Gasteiger partial charge is 0.101 e. The standard InChI is InChI=1S/C17H19NOS/c19-14-9-4-10-15-16(14)18-17(20-15)13-8-3-6-11-5-1-2-7-12(11)13/h1-2,5,7,13-14,19H,3-4,6,8-10H2. The average Bonchev–Trinajstić information content (AvgIpc) is 2.92. The maximum Gasteiger partial charge on any atom is 0.101 e. The van der Waals surface area contributed by atoms with Gasteiger partial charge in [0.05, 0.1) is 11.8 Å². The number of aliphatic hydroxyl groups is 1. The average molecular weight is 285 g/mol. The number of thiazole rings is 1. The van der Waals surface area contributed by atoms with Crippen LogP contribution in [-0.2, 0) is 12.8 Å². The lowest BCUT2D eigenvalue weighted by Crippen LogP contribution is -2.11. The van der Waals surface area contributed by atoms with Crippen molar-refractivity contribution in [3.8, 4) is 0 Å². The van der Waals surface area contributed by atoms with Crippen LogP contribution < -0.4 is 0 Å². The molecular formula is C17H19NOS. The van der Waals surface area contributed by atoms with Gasteiger partial charge in [-0.05, 0) is 49.7 Å². The third kappa shape index (κ3) is 2.00. The number of rotatable bonds is 1. The quantitative estimate of drug-likeness (QED) is 0.859. The molecule has 1 aromatic carbocycles. The lowest BCUT2D eigenvalue weighted by atomic mass is 9.83. The van der Waals surface area contributed by atoms with Crippen LogP contribution in [0.25, 0.3) is 0 Å². The molecule has 0 saturated heterocycles. The number of aryl methyl sites for hydroxylation is 2. The summed E-state index contributed by atoms with van der Waals surface area (Å²) in [5.74, 6) is 0.447. The number of fused-ring (bicyclic) bond motifs is 2. The van der Waals surface area contributed by atoms with Crippen LogP contribution >= 0.6 is 11.3 Å². The first-order chi connectivity index (χ1) is 9.83. The Bertz CT molecular complexity index is 634. The molecule has 1 aromatic heterocycles. The zero-order chi connectivity index (χ0) is 13.5. The number of aliphatic hydroxyl groups excluding tert-OH is 1. The largest absolute Gasteiger partial charge is 0.387 e. The monoisotopic (exact) mass is 285 g/mol. The molecule has 0 spiro atoms. The summed E-state index contributed by atoms with van der Waals surface area (Å²) in [7, 11) is 0. The first-order valence-corrected chi connectivity index (χ1v) is 8.40. The molecule has 0 radical (unpaired) electrons. The van der Waals surface area contributed by atoms with E-state index in [0.717, 1.165) is 25.0 Å². The molecule has 0 fully saturated rings. The second kappa shape index (κ2) is 4.97. The van der Waals surface area contributed by atoms with Crippen molar-refractivity contribution in [2.75, 3.05) is 0 Å². The van der Waals surface area contributed by atoms with Gasteiger partial charge in [0.25, 0.3) is 0 Å². The molecule has 2 aromatic rings. The Kier molecular flexibility index (Phi) is 3.12. The van der Waals surface area contributed by atoms with E-state index in [-0.39, 0.29) is 6.10 Å². The number of nitrogens with zero attached hydrogens (tertiary/aromatic N) is 1. The molecule has 20 heavy (non-hydrogen) atoms. The van der Waals surface area contributed by atoms with Crippen molar-refractivity contribution in [3.05, 3.63) is 51.0 Å². The Hall–Kier alpha value is -1.19. The van der Waals surface area contributed by atoms with Crippen molar-refractivity contribution in [3.63, 3.8) is 0 Å². The SMILES string of the molecule is OC1CCCc2sc(C3CCCc4ccccc43)nc21. The van der Waals surface area contributed by atoms with Gasteiger partial charge in [0.2, 0.25) is 0 Å². The van der Waals surface area contributed by atoms with E-state index in [1.54, 1.807) is 0 Å². The van der Waals surface area contributed by atoms with Crippen LogP contribution in [0.15, 0.2) is 24.3 Å². The van der Waals surface area contributed by atoms with Gasteiger partial charge >= 0.3 is 0 Å². The molecule has 2 unspecified atom stereocenters. The second-order valence-electron chi connectivity index (χ2n) is 5.91. The molecule has 2 aliphatic rings. The summed E-state index contributed by atoms with van der Waals surface area (Å²) in [5, 5.41) is 11.3. The fourth-order valence-corrected chi connectivity index (χ4v) is 4.89. The highest BCUT2D eigenvalue weighted by atomic mass is 32.1. The topological polar surface area (TPSA) is 33.1 Å². The molecular weight excluding hydrogens is 266 g/mol. The van der Waals surface area contributed by atoms with Crippen LogP contribution in [0, 0.1) is 0 Å². The molecule has 1 N–H and O–H groups in total. The van der Waals surface area contributed by atoms with E-state index < -0.39 is 0 Å². The summed E-state index contributed by atoms with van der Waals surface area (Å²) in [6.07, 6.45) is 6.36. The predicted octanol–water partition coefficient (Wildman–Crippen LogP) is 3.98. The zero-order valence-corrected chi connectivity index (χ0v) is 12.3. The molecule has 0 bridgehead atoms. The van der Waals surface area contributed by atoms with Gasteiger partial charge in [0, 0.05) is 10.8 Å². The first-order valence-electron chi connectivity index (χ1n) is 7.58. The van der Waals surface area contributed by atoms with E-state index in [9.17, 15) is 5.11 Å². The molecule has 3 heteroatoms. The van der Waals surface area contributed by atoms with E-state index in [2.05, 4.69) is 24.3 Å². The molecule has 2 aliphatic carbocycles. The minimum atomic E-state index is -0.331. The molecule has 1 heterocycles. The summed E-state index contributed by atoms with van der Waals surface area (Å²) in [4.78, 5) is 6.14. The number of benzene rings is 1. The summed E-state index contributed by atoms with van der Waals surface area (Å²) in [6.45, 7) is 0. The van der Waals surface area contributed by atoms with E-state index in [0.29, 0.717) is 5.92 Å². The Morgan fingerprint density at radius 1 is 1.10 bits per heavy atom. The molecule has 0 amide bonds. The predicted molar refractivity (Wildman–Crippen MR) is 81.2 cm³/mol. The van der Waals surface area contributed by atoms with E-state index in [1.807, 2.05) is 11.3 Å². The lowest BCUT2D eigenvalue weighted by molar-refractivity contribution is 0.152. The maximum atomic E-state index is 10.1. The van der Waals surface area contributed by atoms with Crippen molar-refractivity contribution in [2.45, 2.75) is 50.5 Å². The van der Waals surface area contributed by atoms with Crippen molar-refractivity contribution in [2.24, 2.45) is 0 Å². The fourth-order valence-electron chi connectivity index (χ4n) is 3.57. The molecule has 0 aliphatic heterocycles. The molecule has 4 rings (SSSR count). The molecule has 2 nitrogen and oxygen atoms in total. The highest BCUT2D eigenvalue weighted by molar-refractivity contribution is 7.11. The van der Waals surface area contributed by atoms with Crippen molar-refractivity contribution in [1.29, 1.82) is 0 Å². The van der Waals surface area contributed by atoms with Crippen LogP contribution in [0.1, 0.15) is 64.4 Å². The van der Waals surface area contributed by atoms with Gasteiger partial charge in [-0.1, -0.05) is 24.3 Å². The van der Waals surface area contributed by atoms with Crippen LogP contribution in [0.4, 0.5) is 0 Å². The van der Waals surface area contributed by atoms with Crippen molar-refractivity contribution >= 4 is 11.3 Å². The van der Waals surface area contributed by atoms with Gasteiger partial charge in [-0.15, -0.1) is 11.3 Å². The lowest BCUT2D eigenvalue weighted by Gasteiger charge is -2.23. The summed E-state index contributed by atoms with van der Waals surface area (Å²) < 4.78 is 0. The third-order valence-corrected chi connectivity index (χ3v) is 5.85. The van der Waals surface area contributed by atoms with Gasteiger partial charge in [0.1, 0.15) is 5.01 Å². The summed E-state index contributed by atoms with van der Waals surface area (Å²) in [6, 6.07) is 8.79. The number of hydrogen-bond donors (Lipinski definition) is 1. The minimum absolute atomic E-state index is 0.331. The fraction of sp³-hybridized carbons (Fsp3) is 0.471. The van der Waals surface area contributed by atoms with Gasteiger partial charge in [-0.2, -0.15) is 0 Å². The molecule has 104 valence electrons. The molecule has 0 saturated carbocycles. The van der Waals surface area contributed by atoms with Crippen molar-refractivity contribution in [1.82, 2.24) is 4.98 Å². The zero-order valence-electron chi connectivity index (χ0n) is 11.5. The van der Waals surface area contributed by atoms with Gasteiger partial charge in [0.15, 0.2) is 0 Å². The molecule has 2 atom stereocenters. The number of hydrogen-bond acceptors (Lipinski definition) is 3. The van der Waals surface area contributed by atoms with Gasteiger partial charge < -0.3 is 5.11 Å². The highest BCUT2D eigenvalue weighted by Crippen LogP contribution is 2.41. The van der Waals surface area contributed by atoms with Crippen LogP contribution in [0.2, 0.25) is 0 Å². The Morgan fingerprint density at radius 2 is 1.95 bits per heavy atom. The minimum Gasteiger partial charge on any atom is -0.387 e. The maximum absolute atomic E-state index is 10.1. The van der Waals surface area contributed by atoms with Crippen molar-refractivity contribution < 1.29 is 5.11 Å². The Balaban J connectivity index is 1.76. The Morgan fingerprint density at radius 3 is 2.85 bits per heavy atom. The second-order valence-corrected chi connectivity index (χ2v) is 7.03.